The molecule has 112 valence electrons. The molecule has 1 amide bonds. The second kappa shape index (κ2) is 6.74. The number of nitrogens with one attached hydrogen (secondary N) is 1. The molecule has 0 radical (unpaired) electrons. The molecule has 1 fully saturated rings. The van der Waals surface area contributed by atoms with Gasteiger partial charge in [-0.15, -0.1) is 12.4 Å². The summed E-state index contributed by atoms with van der Waals surface area (Å²) >= 11 is 0. The van der Waals surface area contributed by atoms with Gasteiger partial charge in [-0.05, 0) is 18.8 Å². The maximum Gasteiger partial charge on any atom is 0.289 e. The fraction of sp³-hybridized carbons (Fsp3) is 0.333. The summed E-state index contributed by atoms with van der Waals surface area (Å²) in [6.07, 6.45) is 2.33. The lowest BCUT2D eigenvalue weighted by atomic mass is 10.1. The molecule has 0 spiro atoms. The SMILES string of the molecule is Cl.NC(CNC(=O)c1cc(-c2ccccc2)no1)C1CC1. The first-order chi connectivity index (χ1) is 9.74. The summed E-state index contributed by atoms with van der Waals surface area (Å²) in [5, 5.41) is 6.70. The van der Waals surface area contributed by atoms with Crippen molar-refractivity contribution in [3.8, 4) is 11.3 Å². The Kier molecular flexibility index (Phi) is 4.98. The van der Waals surface area contributed by atoms with Gasteiger partial charge in [0, 0.05) is 24.2 Å². The monoisotopic (exact) mass is 307 g/mol. The van der Waals surface area contributed by atoms with Crippen LogP contribution in [0.3, 0.4) is 0 Å². The summed E-state index contributed by atoms with van der Waals surface area (Å²) in [7, 11) is 0. The van der Waals surface area contributed by atoms with Gasteiger partial charge in [-0.3, -0.25) is 4.79 Å². The number of carbonyl (C=O) groups is 1. The van der Waals surface area contributed by atoms with Gasteiger partial charge in [0.15, 0.2) is 0 Å². The molecule has 1 saturated carbocycles. The number of nitrogens with two attached hydrogens (primary N) is 1. The van der Waals surface area contributed by atoms with Crippen molar-refractivity contribution in [1.82, 2.24) is 10.5 Å². The first-order valence-corrected chi connectivity index (χ1v) is 6.80. The summed E-state index contributed by atoms with van der Waals surface area (Å²) in [4.78, 5) is 11.9. The Hall–Kier alpha value is -1.85. The summed E-state index contributed by atoms with van der Waals surface area (Å²) in [6, 6.07) is 11.3. The Labute approximate surface area is 129 Å². The van der Waals surface area contributed by atoms with Crippen LogP contribution in [-0.4, -0.2) is 23.7 Å². The standard InChI is InChI=1S/C15H17N3O2.ClH/c16-12(10-6-7-10)9-17-15(19)14-8-13(18-20-14)11-4-2-1-3-5-11;/h1-5,8,10,12H,6-7,9,16H2,(H,17,19);1H. The highest BCUT2D eigenvalue weighted by molar-refractivity contribution is 5.92. The average molecular weight is 308 g/mol. The largest absolute Gasteiger partial charge is 0.350 e. The molecule has 1 heterocycles. The van der Waals surface area contributed by atoms with E-state index in [9.17, 15) is 4.79 Å². The molecule has 1 aliphatic carbocycles. The van der Waals surface area contributed by atoms with Gasteiger partial charge in [0.2, 0.25) is 5.76 Å². The molecule has 2 aromatic rings. The molecule has 1 atom stereocenters. The highest BCUT2D eigenvalue weighted by Gasteiger charge is 2.28. The van der Waals surface area contributed by atoms with Gasteiger partial charge >= 0.3 is 0 Å². The Morgan fingerprint density at radius 3 is 2.76 bits per heavy atom. The van der Waals surface area contributed by atoms with Gasteiger partial charge in [0.1, 0.15) is 5.69 Å². The van der Waals surface area contributed by atoms with Gasteiger partial charge in [-0.2, -0.15) is 0 Å². The topological polar surface area (TPSA) is 81.1 Å². The summed E-state index contributed by atoms with van der Waals surface area (Å²) < 4.78 is 5.09. The molecule has 0 bridgehead atoms. The first-order valence-electron chi connectivity index (χ1n) is 6.80. The highest BCUT2D eigenvalue weighted by Crippen LogP contribution is 2.31. The van der Waals surface area contributed by atoms with E-state index in [0.29, 0.717) is 18.2 Å². The fourth-order valence-electron chi connectivity index (χ4n) is 2.12. The molecule has 0 saturated heterocycles. The molecule has 21 heavy (non-hydrogen) atoms. The van der Waals surface area contributed by atoms with E-state index in [1.54, 1.807) is 6.07 Å². The van der Waals surface area contributed by atoms with Crippen molar-refractivity contribution >= 4 is 18.3 Å². The second-order valence-electron chi connectivity index (χ2n) is 5.15. The lowest BCUT2D eigenvalue weighted by Gasteiger charge is -2.09. The number of carbonyl (C=O) groups excluding carboxylic acids is 1. The van der Waals surface area contributed by atoms with Crippen molar-refractivity contribution in [3.05, 3.63) is 42.2 Å². The Morgan fingerprint density at radius 1 is 1.38 bits per heavy atom. The Balaban J connectivity index is 0.00000161. The van der Waals surface area contributed by atoms with Crippen LogP contribution in [0.15, 0.2) is 40.9 Å². The minimum atomic E-state index is -0.268. The molecular weight excluding hydrogens is 290 g/mol. The third-order valence-electron chi connectivity index (χ3n) is 3.53. The first kappa shape index (κ1) is 15.5. The molecule has 1 aromatic carbocycles. The average Bonchev–Trinajstić information content (AvgIpc) is 3.22. The van der Waals surface area contributed by atoms with Crippen LogP contribution in [0.1, 0.15) is 23.4 Å². The molecule has 0 aliphatic heterocycles. The number of hydrogen-bond acceptors (Lipinski definition) is 4. The van der Waals surface area contributed by atoms with E-state index in [1.807, 2.05) is 30.3 Å². The van der Waals surface area contributed by atoms with E-state index >= 15 is 0 Å². The number of amides is 1. The summed E-state index contributed by atoms with van der Waals surface area (Å²) in [5.74, 6) is 0.507. The maximum absolute atomic E-state index is 11.9. The number of nitrogens with zero attached hydrogens (tertiary/aromatic N) is 1. The van der Waals surface area contributed by atoms with Gasteiger partial charge in [-0.1, -0.05) is 35.5 Å². The zero-order valence-electron chi connectivity index (χ0n) is 11.5. The van der Waals surface area contributed by atoms with E-state index in [-0.39, 0.29) is 30.1 Å². The number of benzene rings is 1. The van der Waals surface area contributed by atoms with Crippen molar-refractivity contribution in [2.45, 2.75) is 18.9 Å². The molecule has 3 N–H and O–H groups in total. The van der Waals surface area contributed by atoms with Crippen molar-refractivity contribution < 1.29 is 9.32 Å². The van der Waals surface area contributed by atoms with Gasteiger partial charge in [0.05, 0.1) is 0 Å². The molecule has 1 unspecified atom stereocenters. The van der Waals surface area contributed by atoms with Crippen LogP contribution in [0.4, 0.5) is 0 Å². The van der Waals surface area contributed by atoms with E-state index in [4.69, 9.17) is 10.3 Å². The normalized spacial score (nSPS) is 15.1. The minimum Gasteiger partial charge on any atom is -0.350 e. The van der Waals surface area contributed by atoms with Crippen LogP contribution in [0, 0.1) is 5.92 Å². The number of rotatable bonds is 5. The molecule has 3 rings (SSSR count). The van der Waals surface area contributed by atoms with E-state index in [0.717, 1.165) is 18.4 Å². The van der Waals surface area contributed by atoms with Crippen LogP contribution in [-0.2, 0) is 0 Å². The van der Waals surface area contributed by atoms with Gasteiger partial charge in [-0.25, -0.2) is 0 Å². The van der Waals surface area contributed by atoms with Crippen molar-refractivity contribution in [2.75, 3.05) is 6.54 Å². The summed E-state index contributed by atoms with van der Waals surface area (Å²) in [5.41, 5.74) is 7.52. The van der Waals surface area contributed by atoms with Crippen LogP contribution in [0.2, 0.25) is 0 Å². The zero-order valence-corrected chi connectivity index (χ0v) is 12.3. The summed E-state index contributed by atoms with van der Waals surface area (Å²) in [6.45, 7) is 0.477. The lowest BCUT2D eigenvalue weighted by Crippen LogP contribution is -2.38. The van der Waals surface area contributed by atoms with Crippen LogP contribution >= 0.6 is 12.4 Å². The van der Waals surface area contributed by atoms with Crippen molar-refractivity contribution in [2.24, 2.45) is 11.7 Å². The number of hydrogen-bond donors (Lipinski definition) is 2. The third-order valence-corrected chi connectivity index (χ3v) is 3.53. The molecule has 6 heteroatoms. The predicted octanol–water partition coefficient (Wildman–Crippen LogP) is 2.23. The quantitative estimate of drug-likeness (QED) is 0.887. The third kappa shape index (κ3) is 3.83. The van der Waals surface area contributed by atoms with Crippen LogP contribution < -0.4 is 11.1 Å². The van der Waals surface area contributed by atoms with Crippen molar-refractivity contribution in [1.29, 1.82) is 0 Å². The highest BCUT2D eigenvalue weighted by atomic mass is 35.5. The predicted molar refractivity (Wildman–Crippen MR) is 82.2 cm³/mol. The van der Waals surface area contributed by atoms with E-state index in [2.05, 4.69) is 10.5 Å². The molecule has 5 nitrogen and oxygen atoms in total. The number of halogens is 1. The van der Waals surface area contributed by atoms with Crippen LogP contribution in [0.5, 0.6) is 0 Å². The van der Waals surface area contributed by atoms with E-state index in [1.165, 1.54) is 0 Å². The van der Waals surface area contributed by atoms with E-state index < -0.39 is 0 Å². The van der Waals surface area contributed by atoms with Gasteiger partial charge < -0.3 is 15.6 Å². The Morgan fingerprint density at radius 2 is 2.10 bits per heavy atom. The Bertz CT molecular complexity index is 596. The van der Waals surface area contributed by atoms with Crippen LogP contribution in [0.25, 0.3) is 11.3 Å². The van der Waals surface area contributed by atoms with Crippen molar-refractivity contribution in [3.63, 3.8) is 0 Å². The molecular formula is C15H18ClN3O2. The molecule has 1 aliphatic rings. The number of aromatic nitrogens is 1. The smallest absolute Gasteiger partial charge is 0.289 e. The second-order valence-corrected chi connectivity index (χ2v) is 5.15. The zero-order chi connectivity index (χ0) is 13.9. The molecule has 1 aromatic heterocycles. The van der Waals surface area contributed by atoms with Gasteiger partial charge in [0.25, 0.3) is 5.91 Å². The minimum absolute atomic E-state index is 0. The maximum atomic E-state index is 11.9. The fourth-order valence-corrected chi connectivity index (χ4v) is 2.12. The lowest BCUT2D eigenvalue weighted by molar-refractivity contribution is 0.0913.